The van der Waals surface area contributed by atoms with Crippen LogP contribution in [0.25, 0.3) is 0 Å². The molecule has 1 fully saturated rings. The minimum atomic E-state index is -5.61. The number of pyridine rings is 1. The fourth-order valence-corrected chi connectivity index (χ4v) is 5.33. The number of thiophene rings is 1. The molecule has 0 saturated carbocycles. The molecule has 1 saturated heterocycles. The molecule has 0 aromatic carbocycles. The quantitative estimate of drug-likeness (QED) is 0.455. The summed E-state index contributed by atoms with van der Waals surface area (Å²) >= 11 is 1.32. The number of hydrogen-bond acceptors (Lipinski definition) is 4. The monoisotopic (exact) mass is 466 g/mol. The van der Waals surface area contributed by atoms with Gasteiger partial charge in [-0.05, 0) is 55.8 Å². The average Bonchev–Trinajstić information content (AvgIpc) is 3.34. The van der Waals surface area contributed by atoms with E-state index in [4.69, 9.17) is 4.74 Å². The molecular weight excluding hydrogens is 442 g/mol. The number of hydrogen-bond donors (Lipinski definition) is 0. The maximum Gasteiger partial charge on any atom is 0.427 e. The van der Waals surface area contributed by atoms with Crippen LogP contribution in [-0.2, 0) is 17.7 Å². The summed E-state index contributed by atoms with van der Waals surface area (Å²) in [7, 11) is 0. The van der Waals surface area contributed by atoms with Crippen LogP contribution in [0.4, 0.5) is 26.3 Å². The smallest absolute Gasteiger partial charge is 0.358 e. The van der Waals surface area contributed by atoms with Crippen LogP contribution in [0.15, 0.2) is 42.0 Å². The third-order valence-corrected chi connectivity index (χ3v) is 6.83. The van der Waals surface area contributed by atoms with Crippen molar-refractivity contribution < 1.29 is 31.1 Å². The molecule has 2 aromatic heterocycles. The highest BCUT2D eigenvalue weighted by atomic mass is 32.1. The Labute approximate surface area is 181 Å². The number of likely N-dealkylation sites (tertiary alicyclic amines) is 1. The molecule has 1 unspecified atom stereocenters. The van der Waals surface area contributed by atoms with Gasteiger partial charge in [-0.3, -0.25) is 9.88 Å². The summed E-state index contributed by atoms with van der Waals surface area (Å²) in [5.74, 6) is 0. The minimum Gasteiger partial charge on any atom is -0.358 e. The molecule has 1 aliphatic rings. The van der Waals surface area contributed by atoms with E-state index in [1.165, 1.54) is 18.3 Å². The second-order valence-electron chi connectivity index (χ2n) is 7.79. The maximum atomic E-state index is 14.3. The summed E-state index contributed by atoms with van der Waals surface area (Å²) in [6.45, 7) is 0.447. The molecule has 3 rings (SSSR count). The lowest BCUT2D eigenvalue weighted by atomic mass is 9.66. The summed E-state index contributed by atoms with van der Waals surface area (Å²) < 4.78 is 90.6. The van der Waals surface area contributed by atoms with Crippen molar-refractivity contribution in [3.8, 4) is 0 Å². The molecular formula is C21H24F6N2OS. The highest BCUT2D eigenvalue weighted by molar-refractivity contribution is 7.09. The van der Waals surface area contributed by atoms with E-state index >= 15 is 0 Å². The standard InChI is InChI=1S/C21H24F6N2OS/c1-2-30-19(20(22,23)24,21(25,26)27)18(8-7-17-6-4-12-31-17)9-11-29(15-18)14-16-5-3-10-28-13-16/h3-6,10,12-13H,2,7-9,11,14-15H2,1H3. The number of nitrogens with zero attached hydrogens (tertiary/aromatic N) is 2. The van der Waals surface area contributed by atoms with Crippen LogP contribution in [0.2, 0.25) is 0 Å². The molecule has 10 heteroatoms. The van der Waals surface area contributed by atoms with Crippen molar-refractivity contribution in [3.63, 3.8) is 0 Å². The van der Waals surface area contributed by atoms with Crippen molar-refractivity contribution in [3.05, 3.63) is 52.5 Å². The van der Waals surface area contributed by atoms with E-state index in [2.05, 4.69) is 4.98 Å². The third kappa shape index (κ3) is 4.61. The molecule has 0 bridgehead atoms. The summed E-state index contributed by atoms with van der Waals surface area (Å²) in [6.07, 6.45) is -8.52. The van der Waals surface area contributed by atoms with Crippen LogP contribution in [0.5, 0.6) is 0 Å². The summed E-state index contributed by atoms with van der Waals surface area (Å²) in [6, 6.07) is 6.90. The molecule has 0 aliphatic carbocycles. The SMILES string of the molecule is CCOC(C(F)(F)F)(C(F)(F)F)C1(CCc2cccs2)CCN(Cc2cccnc2)C1. The van der Waals surface area contributed by atoms with Crippen LogP contribution >= 0.6 is 11.3 Å². The first-order chi connectivity index (χ1) is 14.5. The van der Waals surface area contributed by atoms with E-state index < -0.39 is 30.0 Å². The first-order valence-corrected chi connectivity index (χ1v) is 10.8. The fraction of sp³-hybridized carbons (Fsp3) is 0.571. The van der Waals surface area contributed by atoms with Gasteiger partial charge in [0.2, 0.25) is 0 Å². The van der Waals surface area contributed by atoms with Crippen LogP contribution < -0.4 is 0 Å². The third-order valence-electron chi connectivity index (χ3n) is 5.90. The zero-order chi connectivity index (χ0) is 22.8. The van der Waals surface area contributed by atoms with Crippen molar-refractivity contribution in [2.24, 2.45) is 5.41 Å². The van der Waals surface area contributed by atoms with Gasteiger partial charge < -0.3 is 4.74 Å². The molecule has 0 N–H and O–H groups in total. The number of alkyl halides is 6. The molecule has 3 heterocycles. The zero-order valence-electron chi connectivity index (χ0n) is 17.0. The predicted molar refractivity (Wildman–Crippen MR) is 106 cm³/mol. The molecule has 31 heavy (non-hydrogen) atoms. The molecule has 2 aromatic rings. The second-order valence-corrected chi connectivity index (χ2v) is 8.82. The lowest BCUT2D eigenvalue weighted by Crippen LogP contribution is -2.69. The molecule has 0 amide bonds. The Kier molecular flexibility index (Phi) is 7.02. The van der Waals surface area contributed by atoms with Crippen molar-refractivity contribution in [1.29, 1.82) is 0 Å². The molecule has 0 spiro atoms. The Morgan fingerprint density at radius 1 is 1.13 bits per heavy atom. The van der Waals surface area contributed by atoms with Crippen LogP contribution in [0.3, 0.4) is 0 Å². The number of halogens is 6. The first kappa shape index (κ1) is 24.0. The fourth-order valence-electron chi connectivity index (χ4n) is 4.62. The predicted octanol–water partition coefficient (Wildman–Crippen LogP) is 5.87. The van der Waals surface area contributed by atoms with Crippen LogP contribution in [0, 0.1) is 5.41 Å². The van der Waals surface area contributed by atoms with Crippen molar-refractivity contribution in [2.45, 2.75) is 50.7 Å². The molecule has 1 atom stereocenters. The largest absolute Gasteiger partial charge is 0.427 e. The van der Waals surface area contributed by atoms with E-state index in [-0.39, 0.29) is 38.9 Å². The second kappa shape index (κ2) is 9.07. The van der Waals surface area contributed by atoms with Crippen LogP contribution in [-0.4, -0.2) is 47.5 Å². The van der Waals surface area contributed by atoms with E-state index in [0.717, 1.165) is 10.4 Å². The van der Waals surface area contributed by atoms with Crippen LogP contribution in [0.1, 0.15) is 30.2 Å². The van der Waals surface area contributed by atoms with E-state index in [1.54, 1.807) is 46.9 Å². The van der Waals surface area contributed by atoms with Gasteiger partial charge in [0.05, 0.1) is 0 Å². The van der Waals surface area contributed by atoms with Gasteiger partial charge in [-0.2, -0.15) is 26.3 Å². The Balaban J connectivity index is 2.01. The molecule has 0 radical (unpaired) electrons. The average molecular weight is 466 g/mol. The number of aryl methyl sites for hydroxylation is 1. The first-order valence-electron chi connectivity index (χ1n) is 9.96. The summed E-state index contributed by atoms with van der Waals surface area (Å²) in [4.78, 5) is 6.37. The number of aromatic nitrogens is 1. The van der Waals surface area contributed by atoms with Gasteiger partial charge in [-0.15, -0.1) is 11.3 Å². The van der Waals surface area contributed by atoms with Crippen molar-refractivity contribution in [2.75, 3.05) is 19.7 Å². The summed E-state index contributed by atoms with van der Waals surface area (Å²) in [5.41, 5.74) is -5.66. The highest BCUT2D eigenvalue weighted by Crippen LogP contribution is 2.60. The van der Waals surface area contributed by atoms with Gasteiger partial charge in [0.25, 0.3) is 5.60 Å². The minimum absolute atomic E-state index is 0.111. The number of rotatable bonds is 8. The highest BCUT2D eigenvalue weighted by Gasteiger charge is 2.81. The van der Waals surface area contributed by atoms with Gasteiger partial charge in [0.1, 0.15) is 0 Å². The Bertz CT molecular complexity index is 811. The zero-order valence-corrected chi connectivity index (χ0v) is 17.8. The van der Waals surface area contributed by atoms with Gasteiger partial charge in [-0.1, -0.05) is 12.1 Å². The molecule has 172 valence electrons. The summed E-state index contributed by atoms with van der Waals surface area (Å²) in [5, 5.41) is 1.76. The Hall–Kier alpha value is -1.65. The molecule has 1 aliphatic heterocycles. The maximum absolute atomic E-state index is 14.3. The van der Waals surface area contributed by atoms with E-state index in [1.807, 2.05) is 0 Å². The normalized spacial score (nSPS) is 21.0. The topological polar surface area (TPSA) is 25.4 Å². The van der Waals surface area contributed by atoms with Crippen molar-refractivity contribution in [1.82, 2.24) is 9.88 Å². The van der Waals surface area contributed by atoms with Gasteiger partial charge in [0, 0.05) is 42.4 Å². The van der Waals surface area contributed by atoms with Gasteiger partial charge in [-0.25, -0.2) is 0 Å². The lowest BCUT2D eigenvalue weighted by molar-refractivity contribution is -0.414. The molecule has 3 nitrogen and oxygen atoms in total. The Morgan fingerprint density at radius 2 is 1.87 bits per heavy atom. The van der Waals surface area contributed by atoms with E-state index in [0.29, 0.717) is 0 Å². The lowest BCUT2D eigenvalue weighted by Gasteiger charge is -2.49. The van der Waals surface area contributed by atoms with Gasteiger partial charge >= 0.3 is 12.4 Å². The van der Waals surface area contributed by atoms with Crippen molar-refractivity contribution >= 4 is 11.3 Å². The van der Waals surface area contributed by atoms with Gasteiger partial charge in [0.15, 0.2) is 0 Å². The van der Waals surface area contributed by atoms with E-state index in [9.17, 15) is 26.3 Å². The Morgan fingerprint density at radius 3 is 2.42 bits per heavy atom. The number of ether oxygens (including phenoxy) is 1.